The number of ether oxygens (including phenoxy) is 2. The number of hydrogen-bond donors (Lipinski definition) is 1. The molecule has 0 bridgehead atoms. The summed E-state index contributed by atoms with van der Waals surface area (Å²) in [5, 5.41) is 1.05. The second-order valence-electron chi connectivity index (χ2n) is 4.21. The van der Waals surface area contributed by atoms with Crippen LogP contribution >= 0.6 is 11.8 Å². The predicted octanol–water partition coefficient (Wildman–Crippen LogP) is -2.51. The Hall–Kier alpha value is -0.490. The van der Waals surface area contributed by atoms with Crippen LogP contribution in [0.2, 0.25) is 0 Å². The van der Waals surface area contributed by atoms with Gasteiger partial charge in [-0.3, -0.25) is 0 Å². The van der Waals surface area contributed by atoms with E-state index in [2.05, 4.69) is 4.98 Å². The summed E-state index contributed by atoms with van der Waals surface area (Å²) in [5.74, 6) is 1.82. The molecule has 19 heavy (non-hydrogen) atoms. The van der Waals surface area contributed by atoms with Gasteiger partial charge in [0, 0.05) is 11.8 Å². The maximum atomic E-state index is 5.40. The standard InChI is InChI=1S/C13H20N2O2S.ClH/c1-2-17-12-4-3-5-13(14-12)18-11-8-15-6-9-16-10-7-15;/h3-5H,2,6-11H2,1H3;1H. The molecule has 108 valence electrons. The minimum absolute atomic E-state index is 0. The van der Waals surface area contributed by atoms with Gasteiger partial charge in [0.25, 0.3) is 0 Å². The maximum Gasteiger partial charge on any atom is 0.214 e. The molecule has 0 unspecified atom stereocenters. The minimum atomic E-state index is 0. The molecule has 0 saturated carbocycles. The largest absolute Gasteiger partial charge is 1.00 e. The molecule has 1 N–H and O–H groups in total. The topological polar surface area (TPSA) is 35.8 Å². The average molecular weight is 305 g/mol. The molecule has 0 radical (unpaired) electrons. The highest BCUT2D eigenvalue weighted by molar-refractivity contribution is 7.99. The number of halogens is 1. The Labute approximate surface area is 125 Å². The third kappa shape index (κ3) is 5.99. The fourth-order valence-electron chi connectivity index (χ4n) is 1.91. The molecule has 0 atom stereocenters. The van der Waals surface area contributed by atoms with Crippen LogP contribution in [0.25, 0.3) is 0 Å². The van der Waals surface area contributed by atoms with Crippen LogP contribution in [-0.2, 0) is 4.74 Å². The second kappa shape index (κ2) is 9.42. The lowest BCUT2D eigenvalue weighted by Crippen LogP contribution is -3.14. The SMILES string of the molecule is CCOc1cccc(SCC[NH+]2CCOCC2)n1.[Cl-]. The number of nitrogens with one attached hydrogen (secondary N) is 1. The van der Waals surface area contributed by atoms with Gasteiger partial charge in [-0.25, -0.2) is 4.98 Å². The summed E-state index contributed by atoms with van der Waals surface area (Å²) < 4.78 is 10.7. The minimum Gasteiger partial charge on any atom is -1.00 e. The number of nitrogens with zero attached hydrogens (tertiary/aromatic N) is 1. The number of morpholine rings is 1. The summed E-state index contributed by atoms with van der Waals surface area (Å²) in [4.78, 5) is 6.09. The highest BCUT2D eigenvalue weighted by atomic mass is 35.5. The number of thioether (sulfide) groups is 1. The van der Waals surface area contributed by atoms with E-state index in [4.69, 9.17) is 9.47 Å². The van der Waals surface area contributed by atoms with Crippen molar-refractivity contribution in [2.45, 2.75) is 11.9 Å². The molecule has 0 spiro atoms. The lowest BCUT2D eigenvalue weighted by molar-refractivity contribution is -0.905. The molecule has 1 saturated heterocycles. The van der Waals surface area contributed by atoms with Crippen LogP contribution in [0.3, 0.4) is 0 Å². The van der Waals surface area contributed by atoms with Gasteiger partial charge in [0.2, 0.25) is 5.88 Å². The molecule has 0 aliphatic carbocycles. The van der Waals surface area contributed by atoms with Crippen molar-refractivity contribution in [3.63, 3.8) is 0 Å². The smallest absolute Gasteiger partial charge is 0.214 e. The molecule has 2 rings (SSSR count). The third-order valence-electron chi connectivity index (χ3n) is 2.90. The molecule has 1 fully saturated rings. The average Bonchev–Trinajstić information content (AvgIpc) is 2.41. The molecular weight excluding hydrogens is 284 g/mol. The number of pyridine rings is 1. The Kier molecular flexibility index (Phi) is 8.21. The van der Waals surface area contributed by atoms with Gasteiger partial charge in [-0.2, -0.15) is 0 Å². The molecule has 1 aromatic heterocycles. The van der Waals surface area contributed by atoms with Gasteiger partial charge in [0.15, 0.2) is 0 Å². The number of rotatable bonds is 6. The summed E-state index contributed by atoms with van der Waals surface area (Å²) in [5.41, 5.74) is 0. The normalized spacial score (nSPS) is 15.8. The monoisotopic (exact) mass is 304 g/mol. The van der Waals surface area contributed by atoms with Crippen molar-refractivity contribution >= 4 is 11.8 Å². The van der Waals surface area contributed by atoms with Crippen LogP contribution in [-0.4, -0.2) is 50.2 Å². The Balaban J connectivity index is 0.00000180. The molecule has 0 aromatic carbocycles. The molecule has 4 nitrogen and oxygen atoms in total. The first-order valence-electron chi connectivity index (χ1n) is 6.52. The van der Waals surface area contributed by atoms with E-state index in [1.807, 2.05) is 25.1 Å². The van der Waals surface area contributed by atoms with E-state index < -0.39 is 0 Å². The van der Waals surface area contributed by atoms with Crippen molar-refractivity contribution in [1.29, 1.82) is 0 Å². The van der Waals surface area contributed by atoms with Crippen molar-refractivity contribution in [3.05, 3.63) is 18.2 Å². The van der Waals surface area contributed by atoms with E-state index in [1.54, 1.807) is 16.7 Å². The second-order valence-corrected chi connectivity index (χ2v) is 5.32. The van der Waals surface area contributed by atoms with Crippen LogP contribution < -0.4 is 22.0 Å². The van der Waals surface area contributed by atoms with Gasteiger partial charge >= 0.3 is 0 Å². The van der Waals surface area contributed by atoms with Crippen molar-refractivity contribution in [2.75, 3.05) is 45.2 Å². The summed E-state index contributed by atoms with van der Waals surface area (Å²) in [6.45, 7) is 7.88. The van der Waals surface area contributed by atoms with Crippen LogP contribution in [0, 0.1) is 0 Å². The quantitative estimate of drug-likeness (QED) is 0.589. The molecule has 1 aliphatic rings. The number of quaternary nitrogens is 1. The maximum absolute atomic E-state index is 5.40. The van der Waals surface area contributed by atoms with E-state index >= 15 is 0 Å². The van der Waals surface area contributed by atoms with Gasteiger partial charge in [0.05, 0.1) is 26.4 Å². The summed E-state index contributed by atoms with van der Waals surface area (Å²) in [7, 11) is 0. The molecule has 0 amide bonds. The van der Waals surface area contributed by atoms with Crippen LogP contribution in [0.5, 0.6) is 5.88 Å². The van der Waals surface area contributed by atoms with E-state index in [0.29, 0.717) is 6.61 Å². The number of aromatic nitrogens is 1. The van der Waals surface area contributed by atoms with E-state index in [0.717, 1.165) is 43.0 Å². The van der Waals surface area contributed by atoms with E-state index in [-0.39, 0.29) is 12.4 Å². The fourth-order valence-corrected chi connectivity index (χ4v) is 2.84. The summed E-state index contributed by atoms with van der Waals surface area (Å²) in [6.07, 6.45) is 0. The number of hydrogen-bond acceptors (Lipinski definition) is 4. The zero-order valence-electron chi connectivity index (χ0n) is 11.2. The molecule has 6 heteroatoms. The molecule has 1 aliphatic heterocycles. The van der Waals surface area contributed by atoms with Crippen molar-refractivity contribution in [2.24, 2.45) is 0 Å². The summed E-state index contributed by atoms with van der Waals surface area (Å²) in [6, 6.07) is 5.95. The van der Waals surface area contributed by atoms with Crippen LogP contribution in [0.4, 0.5) is 0 Å². The lowest BCUT2D eigenvalue weighted by Gasteiger charge is -2.23. The lowest BCUT2D eigenvalue weighted by atomic mass is 10.4. The van der Waals surface area contributed by atoms with E-state index in [9.17, 15) is 0 Å². The highest BCUT2D eigenvalue weighted by Gasteiger charge is 2.13. The third-order valence-corrected chi connectivity index (χ3v) is 3.83. The Morgan fingerprint density at radius 1 is 1.37 bits per heavy atom. The Bertz CT molecular complexity index is 362. The first-order valence-corrected chi connectivity index (χ1v) is 7.51. The first-order chi connectivity index (χ1) is 8.88. The zero-order valence-corrected chi connectivity index (χ0v) is 12.8. The van der Waals surface area contributed by atoms with Crippen molar-refractivity contribution < 1.29 is 26.8 Å². The van der Waals surface area contributed by atoms with Gasteiger partial charge in [0.1, 0.15) is 18.1 Å². The Morgan fingerprint density at radius 2 is 2.16 bits per heavy atom. The van der Waals surface area contributed by atoms with Crippen molar-refractivity contribution in [1.82, 2.24) is 4.98 Å². The van der Waals surface area contributed by atoms with Crippen molar-refractivity contribution in [3.8, 4) is 5.88 Å². The first kappa shape index (κ1) is 16.6. The predicted molar refractivity (Wildman–Crippen MR) is 72.5 cm³/mol. The van der Waals surface area contributed by atoms with Crippen LogP contribution in [0.1, 0.15) is 6.92 Å². The zero-order chi connectivity index (χ0) is 12.6. The highest BCUT2D eigenvalue weighted by Crippen LogP contribution is 2.17. The summed E-state index contributed by atoms with van der Waals surface area (Å²) >= 11 is 1.80. The fraction of sp³-hybridized carbons (Fsp3) is 0.615. The van der Waals surface area contributed by atoms with Gasteiger partial charge in [-0.1, -0.05) is 6.07 Å². The van der Waals surface area contributed by atoms with Crippen LogP contribution in [0.15, 0.2) is 23.2 Å². The molecular formula is C13H21ClN2O2S. The molecule has 2 heterocycles. The van der Waals surface area contributed by atoms with Gasteiger partial charge in [-0.15, -0.1) is 11.8 Å². The molecule has 1 aromatic rings. The van der Waals surface area contributed by atoms with E-state index in [1.165, 1.54) is 6.54 Å². The van der Waals surface area contributed by atoms with Gasteiger partial charge in [-0.05, 0) is 13.0 Å². The van der Waals surface area contributed by atoms with Gasteiger partial charge < -0.3 is 26.8 Å². The Morgan fingerprint density at radius 3 is 2.89 bits per heavy atom.